The molecule has 1 saturated heterocycles. The number of hydrogen-bond acceptors (Lipinski definition) is 4. The molecule has 0 atom stereocenters. The Labute approximate surface area is 132 Å². The molecule has 0 saturated carbocycles. The topological polar surface area (TPSA) is 58.1 Å². The summed E-state index contributed by atoms with van der Waals surface area (Å²) in [5, 5.41) is 10.6. The van der Waals surface area contributed by atoms with Crippen LogP contribution in [0.4, 0.5) is 20.3 Å². The number of nitrogens with zero attached hydrogens (tertiary/aromatic N) is 3. The molecule has 1 fully saturated rings. The molecule has 1 aliphatic heterocycles. The van der Waals surface area contributed by atoms with Crippen LogP contribution in [0.1, 0.15) is 29.8 Å². The molecule has 2 heterocycles. The van der Waals surface area contributed by atoms with Gasteiger partial charge in [0.2, 0.25) is 0 Å². The minimum absolute atomic E-state index is 0.128. The summed E-state index contributed by atoms with van der Waals surface area (Å²) in [4.78, 5) is 14.0. The number of rotatable bonds is 3. The summed E-state index contributed by atoms with van der Waals surface area (Å²) in [6, 6.07) is 6.62. The Kier molecular flexibility index (Phi) is 4.45. The molecule has 0 spiro atoms. The number of hydrogen-bond donors (Lipinski definition) is 1. The average molecular weight is 318 g/mol. The van der Waals surface area contributed by atoms with E-state index in [0.717, 1.165) is 44.5 Å². The van der Waals surface area contributed by atoms with Crippen molar-refractivity contribution in [1.29, 1.82) is 0 Å². The largest absolute Gasteiger partial charge is 0.339 e. The van der Waals surface area contributed by atoms with Gasteiger partial charge in [0.15, 0.2) is 23.1 Å². The molecule has 1 aliphatic rings. The normalized spacial score (nSPS) is 14.6. The van der Waals surface area contributed by atoms with E-state index >= 15 is 0 Å². The predicted octanol–water partition coefficient (Wildman–Crippen LogP) is 3.12. The molecule has 1 N–H and O–H groups in total. The van der Waals surface area contributed by atoms with Gasteiger partial charge in [0.05, 0.1) is 0 Å². The summed E-state index contributed by atoms with van der Waals surface area (Å²) in [6.07, 6.45) is 3.16. The van der Waals surface area contributed by atoms with Crippen LogP contribution in [0, 0.1) is 11.6 Å². The highest BCUT2D eigenvalue weighted by Gasteiger charge is 2.19. The van der Waals surface area contributed by atoms with Crippen molar-refractivity contribution in [3.8, 4) is 0 Å². The van der Waals surface area contributed by atoms with Gasteiger partial charge in [0, 0.05) is 24.8 Å². The van der Waals surface area contributed by atoms with E-state index in [2.05, 4.69) is 15.5 Å². The van der Waals surface area contributed by atoms with Crippen LogP contribution in [0.2, 0.25) is 0 Å². The number of carbonyl (C=O) groups excluding carboxylic acids is 1. The van der Waals surface area contributed by atoms with Crippen LogP contribution in [0.3, 0.4) is 0 Å². The Morgan fingerprint density at radius 3 is 2.43 bits per heavy atom. The summed E-state index contributed by atoms with van der Waals surface area (Å²) < 4.78 is 26.0. The third-order valence-electron chi connectivity index (χ3n) is 3.72. The van der Waals surface area contributed by atoms with Gasteiger partial charge in [-0.05, 0) is 43.5 Å². The lowest BCUT2D eigenvalue weighted by Gasteiger charge is -2.26. The van der Waals surface area contributed by atoms with E-state index in [1.54, 1.807) is 17.0 Å². The Morgan fingerprint density at radius 1 is 1.00 bits per heavy atom. The van der Waals surface area contributed by atoms with Gasteiger partial charge in [-0.15, -0.1) is 10.2 Å². The van der Waals surface area contributed by atoms with Crippen LogP contribution in [-0.2, 0) is 0 Å². The van der Waals surface area contributed by atoms with Crippen LogP contribution < -0.4 is 5.32 Å². The minimum atomic E-state index is -0.945. The van der Waals surface area contributed by atoms with Crippen molar-refractivity contribution in [3.63, 3.8) is 0 Å². The molecule has 0 aliphatic carbocycles. The van der Waals surface area contributed by atoms with Crippen molar-refractivity contribution in [2.24, 2.45) is 0 Å². The molecule has 2 aromatic rings. The van der Waals surface area contributed by atoms with E-state index in [4.69, 9.17) is 0 Å². The summed E-state index contributed by atoms with van der Waals surface area (Å²) >= 11 is 0. The molecule has 0 radical (unpaired) electrons. The Balaban J connectivity index is 1.68. The van der Waals surface area contributed by atoms with E-state index < -0.39 is 11.6 Å². The number of halogens is 2. The predicted molar refractivity (Wildman–Crippen MR) is 81.4 cm³/mol. The van der Waals surface area contributed by atoms with Gasteiger partial charge in [-0.2, -0.15) is 0 Å². The van der Waals surface area contributed by atoms with Gasteiger partial charge < -0.3 is 10.2 Å². The highest BCUT2D eigenvalue weighted by Crippen LogP contribution is 2.18. The zero-order valence-electron chi connectivity index (χ0n) is 12.4. The van der Waals surface area contributed by atoms with Crippen LogP contribution in [0.5, 0.6) is 0 Å². The lowest BCUT2D eigenvalue weighted by molar-refractivity contribution is 0.0717. The number of benzene rings is 1. The first-order chi connectivity index (χ1) is 11.1. The van der Waals surface area contributed by atoms with Crippen molar-refractivity contribution in [3.05, 3.63) is 47.7 Å². The first-order valence-corrected chi connectivity index (χ1v) is 7.48. The van der Waals surface area contributed by atoms with E-state index in [9.17, 15) is 13.6 Å². The molecule has 5 nitrogen and oxygen atoms in total. The standard InChI is InChI=1S/C16H16F2N4O/c17-12-5-4-11(10-13(12)18)19-15-7-6-14(20-21-15)16(23)22-8-2-1-3-9-22/h4-7,10H,1-3,8-9H2,(H,19,21). The first-order valence-electron chi connectivity index (χ1n) is 7.48. The number of piperidine rings is 1. The van der Waals surface area contributed by atoms with Gasteiger partial charge in [-0.3, -0.25) is 4.79 Å². The molecule has 0 bridgehead atoms. The molecule has 7 heteroatoms. The number of anilines is 2. The zero-order valence-corrected chi connectivity index (χ0v) is 12.4. The fourth-order valence-electron chi connectivity index (χ4n) is 2.49. The molecule has 1 amide bonds. The molecule has 1 aromatic heterocycles. The van der Waals surface area contributed by atoms with Gasteiger partial charge in [0.25, 0.3) is 5.91 Å². The minimum Gasteiger partial charge on any atom is -0.339 e. The van der Waals surface area contributed by atoms with E-state index in [1.165, 1.54) is 6.07 Å². The van der Waals surface area contributed by atoms with Crippen LogP contribution >= 0.6 is 0 Å². The molecule has 0 unspecified atom stereocenters. The molecule has 3 rings (SSSR count). The van der Waals surface area contributed by atoms with E-state index in [-0.39, 0.29) is 11.6 Å². The second kappa shape index (κ2) is 6.68. The van der Waals surface area contributed by atoms with Crippen molar-refractivity contribution >= 4 is 17.4 Å². The maximum atomic E-state index is 13.2. The number of nitrogens with one attached hydrogen (secondary N) is 1. The Morgan fingerprint density at radius 2 is 1.78 bits per heavy atom. The number of amides is 1. The van der Waals surface area contributed by atoms with Gasteiger partial charge in [0.1, 0.15) is 0 Å². The number of likely N-dealkylation sites (tertiary alicyclic amines) is 1. The summed E-state index contributed by atoms with van der Waals surface area (Å²) in [7, 11) is 0. The third-order valence-corrected chi connectivity index (χ3v) is 3.72. The lowest BCUT2D eigenvalue weighted by atomic mass is 10.1. The smallest absolute Gasteiger partial charge is 0.274 e. The van der Waals surface area contributed by atoms with Crippen LogP contribution in [0.15, 0.2) is 30.3 Å². The first kappa shape index (κ1) is 15.3. The zero-order chi connectivity index (χ0) is 16.2. The highest BCUT2D eigenvalue weighted by molar-refractivity contribution is 5.92. The summed E-state index contributed by atoms with van der Waals surface area (Å²) in [5.74, 6) is -1.63. The SMILES string of the molecule is O=C(c1ccc(Nc2ccc(F)c(F)c2)nn1)N1CCCCC1. The second-order valence-electron chi connectivity index (χ2n) is 5.41. The fourth-order valence-corrected chi connectivity index (χ4v) is 2.49. The molecule has 23 heavy (non-hydrogen) atoms. The van der Waals surface area contributed by atoms with Gasteiger partial charge in [-0.1, -0.05) is 0 Å². The fraction of sp³-hybridized carbons (Fsp3) is 0.312. The van der Waals surface area contributed by atoms with E-state index in [1.807, 2.05) is 0 Å². The Hall–Kier alpha value is -2.57. The second-order valence-corrected chi connectivity index (χ2v) is 5.41. The average Bonchev–Trinajstić information content (AvgIpc) is 2.59. The number of aromatic nitrogens is 2. The molecular weight excluding hydrogens is 302 g/mol. The van der Waals surface area contributed by atoms with Crippen molar-refractivity contribution in [2.75, 3.05) is 18.4 Å². The van der Waals surface area contributed by atoms with Gasteiger partial charge in [-0.25, -0.2) is 8.78 Å². The van der Waals surface area contributed by atoms with Crippen LogP contribution in [0.25, 0.3) is 0 Å². The lowest BCUT2D eigenvalue weighted by Crippen LogP contribution is -2.36. The summed E-state index contributed by atoms with van der Waals surface area (Å²) in [6.45, 7) is 1.49. The van der Waals surface area contributed by atoms with Crippen molar-refractivity contribution in [1.82, 2.24) is 15.1 Å². The highest BCUT2D eigenvalue weighted by atomic mass is 19.2. The van der Waals surface area contributed by atoms with E-state index in [0.29, 0.717) is 11.5 Å². The van der Waals surface area contributed by atoms with Gasteiger partial charge >= 0.3 is 0 Å². The maximum absolute atomic E-state index is 13.2. The monoisotopic (exact) mass is 318 g/mol. The van der Waals surface area contributed by atoms with Crippen LogP contribution in [-0.4, -0.2) is 34.1 Å². The van der Waals surface area contributed by atoms with Crippen molar-refractivity contribution in [2.45, 2.75) is 19.3 Å². The molecular formula is C16H16F2N4O. The third kappa shape index (κ3) is 3.61. The molecule has 120 valence electrons. The quantitative estimate of drug-likeness (QED) is 0.944. The number of carbonyl (C=O) groups is 1. The summed E-state index contributed by atoms with van der Waals surface area (Å²) in [5.41, 5.74) is 0.635. The Bertz CT molecular complexity index is 700. The van der Waals surface area contributed by atoms with Crippen molar-refractivity contribution < 1.29 is 13.6 Å². The molecule has 1 aromatic carbocycles. The maximum Gasteiger partial charge on any atom is 0.274 e.